The van der Waals surface area contributed by atoms with Crippen LogP contribution in [0.15, 0.2) is 35.5 Å². The van der Waals surface area contributed by atoms with Crippen LogP contribution in [0.3, 0.4) is 0 Å². The van der Waals surface area contributed by atoms with Gasteiger partial charge in [-0.25, -0.2) is 0 Å². The molecule has 1 amide bonds. The van der Waals surface area contributed by atoms with Crippen molar-refractivity contribution in [3.05, 3.63) is 41.1 Å². The number of nitrogens with one attached hydrogen (secondary N) is 1. The fourth-order valence-electron chi connectivity index (χ4n) is 2.97. The lowest BCUT2D eigenvalue weighted by Crippen LogP contribution is -2.38. The zero-order chi connectivity index (χ0) is 17.3. The Balaban J connectivity index is 2.15. The van der Waals surface area contributed by atoms with E-state index in [0.29, 0.717) is 30.3 Å². The zero-order valence-electron chi connectivity index (χ0n) is 13.9. The summed E-state index contributed by atoms with van der Waals surface area (Å²) < 4.78 is 1.57. The maximum atomic E-state index is 13.1. The number of aromatic hydroxyl groups is 1. The summed E-state index contributed by atoms with van der Waals surface area (Å²) in [6, 6.07) is 6.32. The van der Waals surface area contributed by atoms with E-state index in [2.05, 4.69) is 20.8 Å². The van der Waals surface area contributed by atoms with Crippen molar-refractivity contribution in [1.82, 2.24) is 25.1 Å². The molecule has 3 rings (SSSR count). The summed E-state index contributed by atoms with van der Waals surface area (Å²) in [5, 5.41) is 24.6. The Morgan fingerprint density at radius 3 is 2.79 bits per heavy atom. The lowest BCUT2D eigenvalue weighted by Gasteiger charge is -2.31. The largest absolute Gasteiger partial charge is 0.508 e. The summed E-state index contributed by atoms with van der Waals surface area (Å²) in [7, 11) is 0. The van der Waals surface area contributed by atoms with Crippen molar-refractivity contribution in [3.63, 3.8) is 0 Å². The second-order valence-corrected chi connectivity index (χ2v) is 5.59. The molecule has 0 fully saturated rings. The molecule has 0 radical (unpaired) electrons. The number of rotatable bonds is 4. The van der Waals surface area contributed by atoms with Gasteiger partial charge in [-0.2, -0.15) is 4.68 Å². The molecule has 0 saturated carbocycles. The van der Waals surface area contributed by atoms with Crippen LogP contribution in [0.2, 0.25) is 0 Å². The number of phenolic OH excluding ortho intramolecular Hbond substituents is 1. The number of phenols is 1. The number of hydrogen-bond donors (Lipinski definition) is 2. The SMILES string of the molecule is CCN(CC)C(=O)C1=C(C)Nc2nnnn2[C@@H]1c1cccc(O)c1. The monoisotopic (exact) mass is 328 g/mol. The Labute approximate surface area is 139 Å². The van der Waals surface area contributed by atoms with Crippen LogP contribution in [-0.2, 0) is 4.79 Å². The summed E-state index contributed by atoms with van der Waals surface area (Å²) in [6.07, 6.45) is 0. The fourth-order valence-corrected chi connectivity index (χ4v) is 2.97. The predicted molar refractivity (Wildman–Crippen MR) is 88.3 cm³/mol. The summed E-state index contributed by atoms with van der Waals surface area (Å²) in [5.41, 5.74) is 2.03. The average molecular weight is 328 g/mol. The number of hydrogen-bond acceptors (Lipinski definition) is 6. The van der Waals surface area contributed by atoms with E-state index in [1.165, 1.54) is 0 Å². The normalized spacial score (nSPS) is 16.5. The Morgan fingerprint density at radius 1 is 1.38 bits per heavy atom. The second-order valence-electron chi connectivity index (χ2n) is 5.59. The predicted octanol–water partition coefficient (Wildman–Crippen LogP) is 1.54. The third kappa shape index (κ3) is 2.60. The molecule has 0 bridgehead atoms. The van der Waals surface area contributed by atoms with Gasteiger partial charge in [-0.3, -0.25) is 4.79 Å². The van der Waals surface area contributed by atoms with Gasteiger partial charge >= 0.3 is 0 Å². The number of tetrazole rings is 1. The molecule has 0 saturated heterocycles. The van der Waals surface area contributed by atoms with Crippen LogP contribution in [0.25, 0.3) is 0 Å². The molecule has 1 aliphatic heterocycles. The smallest absolute Gasteiger partial charge is 0.254 e. The number of fused-ring (bicyclic) bond motifs is 1. The van der Waals surface area contributed by atoms with Crippen LogP contribution in [0.5, 0.6) is 5.75 Å². The highest BCUT2D eigenvalue weighted by Crippen LogP contribution is 2.36. The van der Waals surface area contributed by atoms with E-state index in [-0.39, 0.29) is 11.7 Å². The highest BCUT2D eigenvalue weighted by atomic mass is 16.3. The van der Waals surface area contributed by atoms with Crippen LogP contribution >= 0.6 is 0 Å². The van der Waals surface area contributed by atoms with Crippen molar-refractivity contribution in [2.45, 2.75) is 26.8 Å². The number of nitrogens with zero attached hydrogens (tertiary/aromatic N) is 5. The minimum Gasteiger partial charge on any atom is -0.508 e. The highest BCUT2D eigenvalue weighted by Gasteiger charge is 2.35. The standard InChI is InChI=1S/C16H20N6O2/c1-4-21(5-2)15(24)13-10(3)17-16-18-19-20-22(16)14(13)11-7-6-8-12(23)9-11/h6-9,14,23H,4-5H2,1-3H3,(H,17,18,20)/t14-/m1/s1. The number of carbonyl (C=O) groups is 1. The molecular formula is C16H20N6O2. The van der Waals surface area contributed by atoms with E-state index in [4.69, 9.17) is 0 Å². The summed E-state index contributed by atoms with van der Waals surface area (Å²) in [6.45, 7) is 6.95. The molecule has 1 aliphatic rings. The fraction of sp³-hybridized carbons (Fsp3) is 0.375. The molecule has 0 unspecified atom stereocenters. The number of benzene rings is 1. The van der Waals surface area contributed by atoms with Crippen LogP contribution < -0.4 is 5.32 Å². The van der Waals surface area contributed by atoms with E-state index in [1.807, 2.05) is 26.8 Å². The molecule has 8 nitrogen and oxygen atoms in total. The van der Waals surface area contributed by atoms with E-state index < -0.39 is 6.04 Å². The maximum Gasteiger partial charge on any atom is 0.254 e. The van der Waals surface area contributed by atoms with Crippen molar-refractivity contribution in [1.29, 1.82) is 0 Å². The maximum absolute atomic E-state index is 13.1. The Bertz CT molecular complexity index is 793. The minimum atomic E-state index is -0.489. The van der Waals surface area contributed by atoms with E-state index >= 15 is 0 Å². The van der Waals surface area contributed by atoms with E-state index in [9.17, 15) is 9.90 Å². The minimum absolute atomic E-state index is 0.0699. The van der Waals surface area contributed by atoms with Crippen molar-refractivity contribution < 1.29 is 9.90 Å². The van der Waals surface area contributed by atoms with Gasteiger partial charge in [-0.1, -0.05) is 17.2 Å². The molecule has 8 heteroatoms. The molecule has 1 atom stereocenters. The van der Waals surface area contributed by atoms with Crippen molar-refractivity contribution in [2.75, 3.05) is 18.4 Å². The first-order valence-corrected chi connectivity index (χ1v) is 7.90. The van der Waals surface area contributed by atoms with Crippen LogP contribution in [0.4, 0.5) is 5.95 Å². The Hall–Kier alpha value is -2.90. The topological polar surface area (TPSA) is 96.2 Å². The molecule has 0 aliphatic carbocycles. The van der Waals surface area contributed by atoms with Gasteiger partial charge in [0.1, 0.15) is 11.8 Å². The Morgan fingerprint density at radius 2 is 2.12 bits per heavy atom. The number of amides is 1. The molecular weight excluding hydrogens is 308 g/mol. The van der Waals surface area contributed by atoms with Crippen LogP contribution in [0, 0.1) is 0 Å². The first-order valence-electron chi connectivity index (χ1n) is 7.90. The number of likely N-dealkylation sites (N-methyl/N-ethyl adjacent to an activating group) is 1. The van der Waals surface area contributed by atoms with E-state index in [0.717, 1.165) is 5.56 Å². The molecule has 2 heterocycles. The van der Waals surface area contributed by atoms with Gasteiger partial charge in [0.2, 0.25) is 5.95 Å². The van der Waals surface area contributed by atoms with Gasteiger partial charge in [0.25, 0.3) is 5.91 Å². The second kappa shape index (κ2) is 6.31. The third-order valence-electron chi connectivity index (χ3n) is 4.18. The molecule has 2 N–H and O–H groups in total. The lowest BCUT2D eigenvalue weighted by atomic mass is 9.94. The number of allylic oxidation sites excluding steroid dienone is 1. The molecule has 24 heavy (non-hydrogen) atoms. The first-order chi connectivity index (χ1) is 11.6. The first kappa shape index (κ1) is 16.0. The van der Waals surface area contributed by atoms with Gasteiger partial charge in [0.15, 0.2) is 0 Å². The summed E-state index contributed by atoms with van der Waals surface area (Å²) in [4.78, 5) is 14.8. The molecule has 2 aromatic rings. The van der Waals surface area contributed by atoms with Crippen molar-refractivity contribution in [2.24, 2.45) is 0 Å². The Kier molecular flexibility index (Phi) is 4.20. The van der Waals surface area contributed by atoms with Gasteiger partial charge in [0.05, 0.1) is 5.57 Å². The van der Waals surface area contributed by atoms with Crippen molar-refractivity contribution in [3.8, 4) is 5.75 Å². The zero-order valence-corrected chi connectivity index (χ0v) is 13.9. The molecule has 1 aromatic carbocycles. The van der Waals surface area contributed by atoms with Gasteiger partial charge in [-0.05, 0) is 48.9 Å². The third-order valence-corrected chi connectivity index (χ3v) is 4.18. The summed E-state index contributed by atoms with van der Waals surface area (Å²) in [5.74, 6) is 0.532. The lowest BCUT2D eigenvalue weighted by molar-refractivity contribution is -0.127. The highest BCUT2D eigenvalue weighted by molar-refractivity contribution is 5.96. The average Bonchev–Trinajstić information content (AvgIpc) is 3.02. The quantitative estimate of drug-likeness (QED) is 0.884. The number of anilines is 1. The van der Waals surface area contributed by atoms with Gasteiger partial charge in [0, 0.05) is 18.8 Å². The molecule has 0 spiro atoms. The van der Waals surface area contributed by atoms with Gasteiger partial charge in [-0.15, -0.1) is 0 Å². The summed E-state index contributed by atoms with van der Waals surface area (Å²) >= 11 is 0. The molecule has 126 valence electrons. The van der Waals surface area contributed by atoms with Crippen LogP contribution in [-0.4, -0.2) is 49.2 Å². The van der Waals surface area contributed by atoms with Gasteiger partial charge < -0.3 is 15.3 Å². The van der Waals surface area contributed by atoms with Crippen molar-refractivity contribution >= 4 is 11.9 Å². The van der Waals surface area contributed by atoms with Crippen LogP contribution in [0.1, 0.15) is 32.4 Å². The number of carbonyl (C=O) groups excluding carboxylic acids is 1. The number of aromatic nitrogens is 4. The molecule has 1 aromatic heterocycles. The van der Waals surface area contributed by atoms with E-state index in [1.54, 1.807) is 27.8 Å².